The minimum atomic E-state index is 0.453. The fraction of sp³-hybridized carbons (Fsp3) is 0.458. The number of hydrogen-bond acceptors (Lipinski definition) is 3. The third-order valence-corrected chi connectivity index (χ3v) is 4.67. The highest BCUT2D eigenvalue weighted by Crippen LogP contribution is 2.25. The van der Waals surface area contributed by atoms with E-state index >= 15 is 0 Å². The number of nitrogens with zero attached hydrogens (tertiary/aromatic N) is 2. The maximum Gasteiger partial charge on any atom is 0.148 e. The number of ether oxygens (including phenoxy) is 2. The van der Waals surface area contributed by atoms with Crippen molar-refractivity contribution in [2.24, 2.45) is 11.8 Å². The smallest absolute Gasteiger partial charge is 0.148 e. The van der Waals surface area contributed by atoms with Crippen molar-refractivity contribution >= 4 is 11.0 Å². The zero-order valence-corrected chi connectivity index (χ0v) is 17.7. The van der Waals surface area contributed by atoms with Gasteiger partial charge in [0.05, 0.1) is 17.6 Å². The number of imidazole rings is 1. The van der Waals surface area contributed by atoms with Gasteiger partial charge in [-0.3, -0.25) is 0 Å². The number of rotatable bonds is 9. The van der Waals surface area contributed by atoms with Gasteiger partial charge in [-0.05, 0) is 55.0 Å². The van der Waals surface area contributed by atoms with E-state index in [4.69, 9.17) is 14.5 Å². The summed E-state index contributed by atoms with van der Waals surface area (Å²) in [6.07, 6.45) is 1.05. The van der Waals surface area contributed by atoms with Gasteiger partial charge in [0.2, 0.25) is 0 Å². The Labute approximate surface area is 168 Å². The first-order valence-corrected chi connectivity index (χ1v) is 10.2. The highest BCUT2D eigenvalue weighted by atomic mass is 16.5. The molecular formula is C24H32N2O2. The summed E-state index contributed by atoms with van der Waals surface area (Å²) in [5.41, 5.74) is 3.29. The molecule has 0 radical (unpaired) electrons. The molecule has 0 saturated carbocycles. The van der Waals surface area contributed by atoms with Crippen molar-refractivity contribution in [3.8, 4) is 11.5 Å². The lowest BCUT2D eigenvalue weighted by atomic mass is 10.1. The molecule has 28 heavy (non-hydrogen) atoms. The Hall–Kier alpha value is -2.49. The van der Waals surface area contributed by atoms with Gasteiger partial charge in [0.15, 0.2) is 0 Å². The Morgan fingerprint density at radius 3 is 2.43 bits per heavy atom. The van der Waals surface area contributed by atoms with E-state index in [0.717, 1.165) is 47.9 Å². The highest BCUT2D eigenvalue weighted by Gasteiger charge is 2.14. The Kier molecular flexibility index (Phi) is 6.61. The predicted molar refractivity (Wildman–Crippen MR) is 115 cm³/mol. The number of benzene rings is 2. The normalized spacial score (nSPS) is 11.5. The number of aromatic nitrogens is 2. The molecule has 4 heteroatoms. The summed E-state index contributed by atoms with van der Waals surface area (Å²) in [4.78, 5) is 4.84. The molecule has 0 aliphatic rings. The van der Waals surface area contributed by atoms with E-state index < -0.39 is 0 Å². The van der Waals surface area contributed by atoms with Crippen LogP contribution in [0.15, 0.2) is 42.5 Å². The standard InChI is InChI=1S/C24H32N2O2/c1-17(2)11-12-27-21-9-10-22-23(14-21)26(15-18(3)4)24(25-22)16-28-20-8-6-7-19(5)13-20/h6-10,13-14,17-18H,11-12,15-16H2,1-5H3. The van der Waals surface area contributed by atoms with Crippen molar-refractivity contribution in [2.75, 3.05) is 6.61 Å². The summed E-state index contributed by atoms with van der Waals surface area (Å²) in [6, 6.07) is 14.3. The second-order valence-electron chi connectivity index (χ2n) is 8.32. The lowest BCUT2D eigenvalue weighted by Crippen LogP contribution is -2.11. The van der Waals surface area contributed by atoms with Crippen LogP contribution < -0.4 is 9.47 Å². The van der Waals surface area contributed by atoms with Crippen LogP contribution in [0.25, 0.3) is 11.0 Å². The topological polar surface area (TPSA) is 36.3 Å². The van der Waals surface area contributed by atoms with E-state index in [2.05, 4.69) is 57.4 Å². The molecule has 0 aliphatic carbocycles. The van der Waals surface area contributed by atoms with Crippen LogP contribution in [0.4, 0.5) is 0 Å². The molecule has 150 valence electrons. The molecule has 0 bridgehead atoms. The minimum Gasteiger partial charge on any atom is -0.494 e. The van der Waals surface area contributed by atoms with Gasteiger partial charge in [0.25, 0.3) is 0 Å². The van der Waals surface area contributed by atoms with Crippen LogP contribution >= 0.6 is 0 Å². The molecule has 4 nitrogen and oxygen atoms in total. The molecule has 0 atom stereocenters. The molecule has 0 fully saturated rings. The van der Waals surface area contributed by atoms with Gasteiger partial charge in [-0.1, -0.05) is 39.8 Å². The van der Waals surface area contributed by atoms with E-state index in [-0.39, 0.29) is 0 Å². The molecule has 0 amide bonds. The fourth-order valence-electron chi connectivity index (χ4n) is 3.19. The molecule has 3 aromatic rings. The first kappa shape index (κ1) is 20.2. The Morgan fingerprint density at radius 2 is 1.71 bits per heavy atom. The molecule has 0 spiro atoms. The Bertz CT molecular complexity index is 912. The van der Waals surface area contributed by atoms with E-state index in [0.29, 0.717) is 18.4 Å². The van der Waals surface area contributed by atoms with Crippen LogP contribution in [-0.4, -0.2) is 16.2 Å². The van der Waals surface area contributed by atoms with Crippen molar-refractivity contribution in [1.29, 1.82) is 0 Å². The fourth-order valence-corrected chi connectivity index (χ4v) is 3.19. The molecule has 1 aromatic heterocycles. The van der Waals surface area contributed by atoms with Crippen molar-refractivity contribution < 1.29 is 9.47 Å². The molecule has 0 aliphatic heterocycles. The maximum atomic E-state index is 6.03. The van der Waals surface area contributed by atoms with E-state index in [9.17, 15) is 0 Å². The van der Waals surface area contributed by atoms with Crippen molar-refractivity contribution in [3.05, 3.63) is 53.9 Å². The van der Waals surface area contributed by atoms with E-state index in [1.807, 2.05) is 24.3 Å². The second-order valence-corrected chi connectivity index (χ2v) is 8.32. The van der Waals surface area contributed by atoms with Gasteiger partial charge in [-0.15, -0.1) is 0 Å². The zero-order valence-electron chi connectivity index (χ0n) is 17.7. The number of fused-ring (bicyclic) bond motifs is 1. The van der Waals surface area contributed by atoms with Crippen LogP contribution in [0.1, 0.15) is 45.5 Å². The average molecular weight is 381 g/mol. The quantitative estimate of drug-likeness (QED) is 0.456. The van der Waals surface area contributed by atoms with Crippen LogP contribution in [0, 0.1) is 18.8 Å². The van der Waals surface area contributed by atoms with E-state index in [1.165, 1.54) is 5.56 Å². The maximum absolute atomic E-state index is 6.03. The molecular weight excluding hydrogens is 348 g/mol. The summed E-state index contributed by atoms with van der Waals surface area (Å²) in [5.74, 6) is 3.89. The van der Waals surface area contributed by atoms with Gasteiger partial charge >= 0.3 is 0 Å². The number of aryl methyl sites for hydroxylation is 1. The van der Waals surface area contributed by atoms with Crippen LogP contribution in [0.2, 0.25) is 0 Å². The van der Waals surface area contributed by atoms with Crippen molar-refractivity contribution in [3.63, 3.8) is 0 Å². The molecule has 0 N–H and O–H groups in total. The van der Waals surface area contributed by atoms with Crippen LogP contribution in [0.3, 0.4) is 0 Å². The predicted octanol–water partition coefficient (Wildman–Crippen LogP) is 6.00. The largest absolute Gasteiger partial charge is 0.494 e. The SMILES string of the molecule is Cc1cccc(OCc2nc3ccc(OCCC(C)C)cc3n2CC(C)C)c1. The summed E-state index contributed by atoms with van der Waals surface area (Å²) >= 11 is 0. The third kappa shape index (κ3) is 5.28. The highest BCUT2D eigenvalue weighted by molar-refractivity contribution is 5.77. The molecule has 1 heterocycles. The van der Waals surface area contributed by atoms with Gasteiger partial charge in [-0.2, -0.15) is 0 Å². The van der Waals surface area contributed by atoms with Crippen molar-refractivity contribution in [1.82, 2.24) is 9.55 Å². The summed E-state index contributed by atoms with van der Waals surface area (Å²) in [5, 5.41) is 0. The minimum absolute atomic E-state index is 0.453. The lowest BCUT2D eigenvalue weighted by molar-refractivity contribution is 0.286. The van der Waals surface area contributed by atoms with Gasteiger partial charge in [0.1, 0.15) is 23.9 Å². The second kappa shape index (κ2) is 9.13. The monoisotopic (exact) mass is 380 g/mol. The molecule has 2 aromatic carbocycles. The van der Waals surface area contributed by atoms with Crippen LogP contribution in [-0.2, 0) is 13.2 Å². The first-order valence-electron chi connectivity index (χ1n) is 10.2. The first-order chi connectivity index (χ1) is 13.4. The van der Waals surface area contributed by atoms with Gasteiger partial charge < -0.3 is 14.0 Å². The Balaban J connectivity index is 1.84. The van der Waals surface area contributed by atoms with E-state index in [1.54, 1.807) is 0 Å². The summed E-state index contributed by atoms with van der Waals surface area (Å²) in [7, 11) is 0. The lowest BCUT2D eigenvalue weighted by Gasteiger charge is -2.13. The van der Waals surface area contributed by atoms with Gasteiger partial charge in [-0.25, -0.2) is 4.98 Å². The third-order valence-electron chi connectivity index (χ3n) is 4.67. The van der Waals surface area contributed by atoms with Crippen molar-refractivity contribution in [2.45, 2.75) is 54.2 Å². The van der Waals surface area contributed by atoms with Gasteiger partial charge in [0, 0.05) is 12.6 Å². The summed E-state index contributed by atoms with van der Waals surface area (Å²) < 4.78 is 14.3. The molecule has 0 saturated heterocycles. The average Bonchev–Trinajstić information content (AvgIpc) is 2.96. The number of hydrogen-bond donors (Lipinski definition) is 0. The molecule has 0 unspecified atom stereocenters. The molecule has 3 rings (SSSR count). The van der Waals surface area contributed by atoms with Crippen LogP contribution in [0.5, 0.6) is 11.5 Å². The Morgan fingerprint density at radius 1 is 0.929 bits per heavy atom. The zero-order chi connectivity index (χ0) is 20.1. The summed E-state index contributed by atoms with van der Waals surface area (Å²) in [6.45, 7) is 13.0.